The molecule has 3 aliphatic heterocycles. The van der Waals surface area contributed by atoms with E-state index in [2.05, 4.69) is 25.5 Å². The number of carbonyl (C=O) groups is 1. The third kappa shape index (κ3) is 3.58. The van der Waals surface area contributed by atoms with Crippen molar-refractivity contribution in [1.82, 2.24) is 24.9 Å². The van der Waals surface area contributed by atoms with Crippen LogP contribution in [-0.2, 0) is 22.7 Å². The maximum atomic E-state index is 12.6. The summed E-state index contributed by atoms with van der Waals surface area (Å²) in [4.78, 5) is 19.1. The molecule has 0 saturated carbocycles. The number of nitrogens with one attached hydrogen (secondary N) is 1. The van der Waals surface area contributed by atoms with Crippen molar-refractivity contribution in [3.63, 3.8) is 0 Å². The Bertz CT molecular complexity index is 718. The second-order valence-electron chi connectivity index (χ2n) is 6.73. The molecule has 2 aromatic rings. The number of aromatic nitrogens is 4. The van der Waals surface area contributed by atoms with Crippen molar-refractivity contribution in [2.24, 2.45) is 11.8 Å². The molecule has 2 bridgehead atoms. The lowest BCUT2D eigenvalue weighted by Gasteiger charge is -2.49. The summed E-state index contributed by atoms with van der Waals surface area (Å²) in [5.74, 6) is 0.580. The van der Waals surface area contributed by atoms with E-state index >= 15 is 0 Å². The first kappa shape index (κ1) is 16.6. The normalized spacial score (nSPS) is 28.2. The molecular formula is C16H22N6O2S. The third-order valence-electron chi connectivity index (χ3n) is 5.15. The van der Waals surface area contributed by atoms with Gasteiger partial charge in [-0.3, -0.25) is 14.4 Å². The summed E-state index contributed by atoms with van der Waals surface area (Å²) in [6, 6.07) is 0.416. The number of hydrogen-bond acceptors (Lipinski definition) is 7. The summed E-state index contributed by atoms with van der Waals surface area (Å²) < 4.78 is 6.98. The van der Waals surface area contributed by atoms with E-state index in [1.165, 1.54) is 11.3 Å². The van der Waals surface area contributed by atoms with Gasteiger partial charge in [0.25, 0.3) is 0 Å². The van der Waals surface area contributed by atoms with Gasteiger partial charge in [0.2, 0.25) is 5.91 Å². The highest BCUT2D eigenvalue weighted by atomic mass is 32.1. The first-order valence-corrected chi connectivity index (χ1v) is 9.43. The topological polar surface area (TPSA) is 85.2 Å². The Kier molecular flexibility index (Phi) is 4.78. The quantitative estimate of drug-likeness (QED) is 0.832. The van der Waals surface area contributed by atoms with Crippen molar-refractivity contribution < 1.29 is 9.53 Å². The minimum absolute atomic E-state index is 0.0497. The van der Waals surface area contributed by atoms with Crippen LogP contribution >= 0.6 is 11.3 Å². The number of ether oxygens (including phenoxy) is 1. The van der Waals surface area contributed by atoms with E-state index < -0.39 is 0 Å². The predicted molar refractivity (Wildman–Crippen MR) is 93.1 cm³/mol. The lowest BCUT2D eigenvalue weighted by molar-refractivity contribution is -0.127. The lowest BCUT2D eigenvalue weighted by atomic mass is 9.75. The van der Waals surface area contributed by atoms with Crippen molar-refractivity contribution in [2.75, 3.05) is 25.5 Å². The Morgan fingerprint density at radius 3 is 3.16 bits per heavy atom. The van der Waals surface area contributed by atoms with Gasteiger partial charge in [0.05, 0.1) is 25.3 Å². The number of thiazole rings is 1. The first-order chi connectivity index (χ1) is 12.2. The molecule has 5 rings (SSSR count). The van der Waals surface area contributed by atoms with Crippen molar-refractivity contribution >= 4 is 22.4 Å². The van der Waals surface area contributed by atoms with Gasteiger partial charge >= 0.3 is 0 Å². The molecule has 0 aromatic carbocycles. The van der Waals surface area contributed by atoms with Crippen LogP contribution in [-0.4, -0.2) is 57.0 Å². The lowest BCUT2D eigenvalue weighted by Crippen LogP contribution is -2.57. The van der Waals surface area contributed by atoms with Crippen LogP contribution in [0.25, 0.3) is 0 Å². The molecule has 0 radical (unpaired) electrons. The zero-order chi connectivity index (χ0) is 17.2. The van der Waals surface area contributed by atoms with Crippen LogP contribution in [0.3, 0.4) is 0 Å². The van der Waals surface area contributed by atoms with Crippen molar-refractivity contribution in [3.8, 4) is 0 Å². The van der Waals surface area contributed by atoms with E-state index in [1.54, 1.807) is 13.3 Å². The molecule has 0 aliphatic carbocycles. The van der Waals surface area contributed by atoms with Crippen LogP contribution in [0, 0.1) is 11.8 Å². The summed E-state index contributed by atoms with van der Waals surface area (Å²) in [5.41, 5.74) is 0.846. The minimum Gasteiger partial charge on any atom is -0.378 e. The van der Waals surface area contributed by atoms with E-state index in [1.807, 2.05) is 16.3 Å². The standard InChI is InChI=1S/C16H22N6O2S/c1-24-10-12-7-22(20-19-12)8-13-6-11-2-4-21(13)9-14(11)15(23)18-16-17-3-5-25-16/h3,5,7,11,13-14H,2,4,6,8-10H2,1H3,(H,17,18,23)/t11?,13-,14+/m1/s1. The van der Waals surface area contributed by atoms with E-state index in [9.17, 15) is 4.79 Å². The largest absolute Gasteiger partial charge is 0.378 e. The van der Waals surface area contributed by atoms with Crippen LogP contribution in [0.4, 0.5) is 5.13 Å². The highest BCUT2D eigenvalue weighted by molar-refractivity contribution is 7.13. The fourth-order valence-corrected chi connectivity index (χ4v) is 4.50. The van der Waals surface area contributed by atoms with Gasteiger partial charge in [0, 0.05) is 31.3 Å². The molecule has 5 heterocycles. The van der Waals surface area contributed by atoms with Gasteiger partial charge in [-0.15, -0.1) is 16.4 Å². The van der Waals surface area contributed by atoms with E-state index in [0.29, 0.717) is 23.7 Å². The van der Waals surface area contributed by atoms with E-state index in [4.69, 9.17) is 4.74 Å². The van der Waals surface area contributed by atoms with E-state index in [0.717, 1.165) is 38.2 Å². The third-order valence-corrected chi connectivity index (χ3v) is 5.84. The summed E-state index contributed by atoms with van der Waals surface area (Å²) >= 11 is 1.46. The molecule has 8 nitrogen and oxygen atoms in total. The number of anilines is 1. The van der Waals surface area contributed by atoms with Crippen LogP contribution in [0.2, 0.25) is 0 Å². The Morgan fingerprint density at radius 1 is 1.52 bits per heavy atom. The van der Waals surface area contributed by atoms with Crippen molar-refractivity contribution in [3.05, 3.63) is 23.5 Å². The second-order valence-corrected chi connectivity index (χ2v) is 7.63. The van der Waals surface area contributed by atoms with Gasteiger partial charge in [-0.2, -0.15) is 0 Å². The SMILES string of the molecule is COCc1cn(C[C@H]2CC3CCN2C[C@@H]3C(=O)Nc2nccs2)nn1. The number of rotatable bonds is 6. The van der Waals surface area contributed by atoms with Crippen LogP contribution < -0.4 is 5.32 Å². The molecule has 4 atom stereocenters. The van der Waals surface area contributed by atoms with Crippen LogP contribution in [0.15, 0.2) is 17.8 Å². The van der Waals surface area contributed by atoms with Gasteiger partial charge in [-0.05, 0) is 25.3 Å². The monoisotopic (exact) mass is 362 g/mol. The van der Waals surface area contributed by atoms with Gasteiger partial charge in [-0.25, -0.2) is 4.98 Å². The molecule has 25 heavy (non-hydrogen) atoms. The Labute approximate surface area is 150 Å². The summed E-state index contributed by atoms with van der Waals surface area (Å²) in [5, 5.41) is 13.8. The fourth-order valence-electron chi connectivity index (χ4n) is 3.97. The smallest absolute Gasteiger partial charge is 0.230 e. The average molecular weight is 362 g/mol. The molecule has 2 unspecified atom stereocenters. The number of amides is 1. The summed E-state index contributed by atoms with van der Waals surface area (Å²) in [6.45, 7) is 3.16. The Hall–Kier alpha value is -1.84. The Morgan fingerprint density at radius 2 is 2.44 bits per heavy atom. The fraction of sp³-hybridized carbons (Fsp3) is 0.625. The van der Waals surface area contributed by atoms with Crippen LogP contribution in [0.1, 0.15) is 18.5 Å². The van der Waals surface area contributed by atoms with Gasteiger partial charge in [0.1, 0.15) is 5.69 Å². The second kappa shape index (κ2) is 7.19. The number of methoxy groups -OCH3 is 1. The maximum absolute atomic E-state index is 12.6. The number of carbonyl (C=O) groups excluding carboxylic acids is 1. The van der Waals surface area contributed by atoms with Crippen molar-refractivity contribution in [1.29, 1.82) is 0 Å². The zero-order valence-corrected chi connectivity index (χ0v) is 15.0. The molecule has 1 N–H and O–H groups in total. The number of piperidine rings is 3. The molecule has 134 valence electrons. The molecule has 2 aromatic heterocycles. The zero-order valence-electron chi connectivity index (χ0n) is 14.2. The van der Waals surface area contributed by atoms with E-state index in [-0.39, 0.29) is 11.8 Å². The van der Waals surface area contributed by atoms with Gasteiger partial charge in [0.15, 0.2) is 5.13 Å². The van der Waals surface area contributed by atoms with Gasteiger partial charge < -0.3 is 10.1 Å². The Balaban J connectivity index is 1.37. The number of nitrogens with zero attached hydrogens (tertiary/aromatic N) is 5. The summed E-state index contributed by atoms with van der Waals surface area (Å²) in [6.07, 6.45) is 5.76. The molecule has 0 spiro atoms. The highest BCUT2D eigenvalue weighted by Crippen LogP contribution is 2.37. The maximum Gasteiger partial charge on any atom is 0.230 e. The molecule has 3 aliphatic rings. The summed E-state index contributed by atoms with van der Waals surface area (Å²) in [7, 11) is 1.65. The highest BCUT2D eigenvalue weighted by Gasteiger charge is 2.43. The minimum atomic E-state index is 0.0497. The average Bonchev–Trinajstić information content (AvgIpc) is 3.28. The number of hydrogen-bond donors (Lipinski definition) is 1. The molecule has 3 fully saturated rings. The van der Waals surface area contributed by atoms with Gasteiger partial charge in [-0.1, -0.05) is 5.21 Å². The number of fused-ring (bicyclic) bond motifs is 3. The van der Waals surface area contributed by atoms with Crippen molar-refractivity contribution in [2.45, 2.75) is 32.0 Å². The van der Waals surface area contributed by atoms with Crippen LogP contribution in [0.5, 0.6) is 0 Å². The molecular weight excluding hydrogens is 340 g/mol. The predicted octanol–water partition coefficient (Wildman–Crippen LogP) is 1.23. The molecule has 3 saturated heterocycles. The molecule has 1 amide bonds. The molecule has 9 heteroatoms. The first-order valence-electron chi connectivity index (χ1n) is 8.55.